The number of hydrogen-bond acceptors (Lipinski definition) is 11. The summed E-state index contributed by atoms with van der Waals surface area (Å²) >= 11 is 1.76. The Kier molecular flexibility index (Phi) is 13.8. The van der Waals surface area contributed by atoms with Crippen molar-refractivity contribution >= 4 is 46.2 Å². The molecule has 14 heteroatoms. The van der Waals surface area contributed by atoms with E-state index < -0.39 is 17.4 Å². The number of nitrogens with zero attached hydrogens (tertiary/aromatic N) is 4. The van der Waals surface area contributed by atoms with Crippen molar-refractivity contribution in [3.05, 3.63) is 58.4 Å². The van der Waals surface area contributed by atoms with Gasteiger partial charge in [0.15, 0.2) is 0 Å². The van der Waals surface area contributed by atoms with Crippen molar-refractivity contribution in [2.24, 2.45) is 5.92 Å². The Labute approximate surface area is 309 Å². The highest BCUT2D eigenvalue weighted by molar-refractivity contribution is 7.99. The predicted octanol–water partition coefficient (Wildman–Crippen LogP) is 3.89. The summed E-state index contributed by atoms with van der Waals surface area (Å²) < 4.78 is 26.5. The van der Waals surface area contributed by atoms with Gasteiger partial charge in [-0.1, -0.05) is 0 Å². The van der Waals surface area contributed by atoms with E-state index in [4.69, 9.17) is 9.47 Å². The molecule has 6 rings (SSSR count). The zero-order chi connectivity index (χ0) is 36.3. The molecule has 0 saturated carbocycles. The zero-order valence-electron chi connectivity index (χ0n) is 30.1. The van der Waals surface area contributed by atoms with E-state index in [0.717, 1.165) is 103 Å². The number of aromatic amines is 1. The molecular weight excluding hydrogens is 686 g/mol. The maximum Gasteiger partial charge on any atom is 0.261 e. The molecule has 52 heavy (non-hydrogen) atoms. The second-order valence-electron chi connectivity index (χ2n) is 14.0. The van der Waals surface area contributed by atoms with Gasteiger partial charge < -0.3 is 39.7 Å². The largest absolute Gasteiger partial charge is 0.493 e. The van der Waals surface area contributed by atoms with E-state index in [2.05, 4.69) is 47.4 Å². The average molecular weight is 738 g/mol. The number of rotatable bonds is 16. The van der Waals surface area contributed by atoms with Crippen LogP contribution in [0, 0.1) is 11.7 Å². The molecule has 3 saturated heterocycles. The number of ether oxygens (including phenoxy) is 2. The summed E-state index contributed by atoms with van der Waals surface area (Å²) in [5, 5.41) is 6.26. The molecule has 3 aliphatic rings. The van der Waals surface area contributed by atoms with Gasteiger partial charge in [0.1, 0.15) is 29.1 Å². The number of thioether (sulfide) groups is 1. The Bertz CT molecular complexity index is 1670. The molecule has 0 bridgehead atoms. The molecule has 3 fully saturated rings. The van der Waals surface area contributed by atoms with Gasteiger partial charge in [0.25, 0.3) is 5.56 Å². The first kappa shape index (κ1) is 38.0. The van der Waals surface area contributed by atoms with Gasteiger partial charge in [0.2, 0.25) is 5.91 Å². The fourth-order valence-electron chi connectivity index (χ4n) is 7.11. The summed E-state index contributed by atoms with van der Waals surface area (Å²) in [6.07, 6.45) is 5.65. The van der Waals surface area contributed by atoms with Gasteiger partial charge in [-0.05, 0) is 75.4 Å². The van der Waals surface area contributed by atoms with Crippen LogP contribution in [0.5, 0.6) is 5.75 Å². The maximum absolute atomic E-state index is 15.0. The summed E-state index contributed by atoms with van der Waals surface area (Å²) in [4.78, 5) is 50.5. The first-order valence-electron chi connectivity index (χ1n) is 18.6. The minimum atomic E-state index is -0.605. The molecule has 0 spiro atoms. The molecule has 1 aromatic heterocycles. The van der Waals surface area contributed by atoms with Crippen LogP contribution >= 0.6 is 11.8 Å². The van der Waals surface area contributed by atoms with Crippen LogP contribution in [0.4, 0.5) is 15.8 Å². The van der Waals surface area contributed by atoms with Crippen molar-refractivity contribution in [2.45, 2.75) is 55.6 Å². The number of aromatic nitrogens is 2. The number of fused-ring (bicyclic) bond motifs is 1. The molecule has 12 nitrogen and oxygen atoms in total. The molecular formula is C38H52FN7O5S. The molecule has 1 atom stereocenters. The number of amides is 1. The van der Waals surface area contributed by atoms with Crippen molar-refractivity contribution in [3.63, 3.8) is 0 Å². The van der Waals surface area contributed by atoms with Gasteiger partial charge >= 0.3 is 0 Å². The number of H-pyrrole nitrogens is 1. The fourth-order valence-corrected chi connectivity index (χ4v) is 8.17. The van der Waals surface area contributed by atoms with Crippen LogP contribution in [0.15, 0.2) is 41.2 Å². The number of piperidine rings is 1. The van der Waals surface area contributed by atoms with Gasteiger partial charge in [0.05, 0.1) is 23.9 Å². The SMILES string of the molecule is CNC(=O)CCC(C=O)Nc1ccc(N2CCN(CCN3CCC(COc4cc(F)c5c(=O)[nH]c(CSC6CCOCC6)nc5c4)CC3)CC2)cc1. The van der Waals surface area contributed by atoms with Gasteiger partial charge in [-0.2, -0.15) is 11.8 Å². The molecule has 3 N–H and O–H groups in total. The number of carbonyl (C=O) groups excluding carboxylic acids is 2. The number of piperazine rings is 1. The lowest BCUT2D eigenvalue weighted by Gasteiger charge is -2.38. The lowest BCUT2D eigenvalue weighted by atomic mass is 9.98. The monoisotopic (exact) mass is 737 g/mol. The second kappa shape index (κ2) is 18.9. The van der Waals surface area contributed by atoms with Crippen molar-refractivity contribution in [2.75, 3.05) is 89.4 Å². The summed E-state index contributed by atoms with van der Waals surface area (Å²) in [6.45, 7) is 10.1. The number of nitrogens with one attached hydrogen (secondary N) is 3. The second-order valence-corrected chi connectivity index (χ2v) is 15.3. The lowest BCUT2D eigenvalue weighted by molar-refractivity contribution is -0.120. The Morgan fingerprint density at radius 2 is 1.77 bits per heavy atom. The summed E-state index contributed by atoms with van der Waals surface area (Å²) in [7, 11) is 1.60. The van der Waals surface area contributed by atoms with Crippen LogP contribution in [-0.2, 0) is 20.1 Å². The molecule has 282 valence electrons. The van der Waals surface area contributed by atoms with Gasteiger partial charge in [-0.15, -0.1) is 0 Å². The van der Waals surface area contributed by atoms with Crippen LogP contribution in [-0.4, -0.2) is 122 Å². The van der Waals surface area contributed by atoms with E-state index in [0.29, 0.717) is 53.5 Å². The topological polar surface area (TPSA) is 132 Å². The van der Waals surface area contributed by atoms with E-state index in [9.17, 15) is 18.8 Å². The lowest BCUT2D eigenvalue weighted by Crippen LogP contribution is -2.49. The molecule has 1 amide bonds. The third kappa shape index (κ3) is 10.7. The highest BCUT2D eigenvalue weighted by atomic mass is 32.2. The van der Waals surface area contributed by atoms with Crippen LogP contribution in [0.1, 0.15) is 44.3 Å². The van der Waals surface area contributed by atoms with E-state index in [-0.39, 0.29) is 11.3 Å². The maximum atomic E-state index is 15.0. The molecule has 0 radical (unpaired) electrons. The highest BCUT2D eigenvalue weighted by Crippen LogP contribution is 2.27. The number of aldehydes is 1. The Hall–Kier alpha value is -3.72. The Balaban J connectivity index is 0.889. The van der Waals surface area contributed by atoms with Crippen molar-refractivity contribution < 1.29 is 23.5 Å². The number of anilines is 2. The van der Waals surface area contributed by atoms with Gasteiger partial charge in [-0.3, -0.25) is 14.5 Å². The van der Waals surface area contributed by atoms with Crippen LogP contribution < -0.4 is 25.8 Å². The number of halogens is 1. The van der Waals surface area contributed by atoms with Crippen molar-refractivity contribution in [1.82, 2.24) is 25.1 Å². The van der Waals surface area contributed by atoms with Gasteiger partial charge in [-0.25, -0.2) is 9.37 Å². The van der Waals surface area contributed by atoms with Gasteiger partial charge in [0, 0.05) is 94.7 Å². The van der Waals surface area contributed by atoms with Crippen molar-refractivity contribution in [1.29, 1.82) is 0 Å². The molecule has 2 aromatic carbocycles. The van der Waals surface area contributed by atoms with E-state index >= 15 is 0 Å². The predicted molar refractivity (Wildman–Crippen MR) is 204 cm³/mol. The first-order chi connectivity index (χ1) is 25.4. The van der Waals surface area contributed by atoms with E-state index in [1.165, 1.54) is 11.8 Å². The van der Waals surface area contributed by atoms with Crippen LogP contribution in [0.25, 0.3) is 10.9 Å². The van der Waals surface area contributed by atoms with E-state index in [1.807, 2.05) is 12.1 Å². The molecule has 3 aliphatic heterocycles. The highest BCUT2D eigenvalue weighted by Gasteiger charge is 2.23. The Morgan fingerprint density at radius 3 is 2.46 bits per heavy atom. The molecule has 4 heterocycles. The quantitative estimate of drug-likeness (QED) is 0.185. The third-order valence-corrected chi connectivity index (χ3v) is 11.8. The molecule has 1 unspecified atom stereocenters. The fraction of sp³-hybridized carbons (Fsp3) is 0.579. The summed E-state index contributed by atoms with van der Waals surface area (Å²) in [5.41, 5.74) is 1.93. The first-order valence-corrected chi connectivity index (χ1v) is 19.7. The van der Waals surface area contributed by atoms with Crippen molar-refractivity contribution in [3.8, 4) is 5.75 Å². The number of hydrogen-bond donors (Lipinski definition) is 3. The number of likely N-dealkylation sites (tertiary alicyclic amines) is 1. The number of benzene rings is 2. The molecule has 3 aromatic rings. The number of carbonyl (C=O) groups is 2. The summed E-state index contributed by atoms with van der Waals surface area (Å²) in [6, 6.07) is 10.8. The average Bonchev–Trinajstić information content (AvgIpc) is 3.18. The summed E-state index contributed by atoms with van der Waals surface area (Å²) in [5.74, 6) is 1.26. The normalized spacial score (nSPS) is 18.7. The third-order valence-electron chi connectivity index (χ3n) is 10.4. The minimum Gasteiger partial charge on any atom is -0.493 e. The zero-order valence-corrected chi connectivity index (χ0v) is 30.9. The van der Waals surface area contributed by atoms with Crippen LogP contribution in [0.3, 0.4) is 0 Å². The minimum absolute atomic E-state index is 0.0221. The molecule has 0 aliphatic carbocycles. The smallest absolute Gasteiger partial charge is 0.261 e. The van der Waals surface area contributed by atoms with Crippen LogP contribution in [0.2, 0.25) is 0 Å². The Morgan fingerprint density at radius 1 is 1.06 bits per heavy atom. The van der Waals surface area contributed by atoms with E-state index in [1.54, 1.807) is 24.9 Å². The standard InChI is InChI=1S/C38H52FN7O5S/c1-40-36(48)7-4-29(24-47)41-28-2-5-30(6-3-28)46-18-16-45(17-19-46)15-14-44-12-8-27(9-13-44)25-51-31-22-33(39)37-34(23-31)42-35(43-38(37)49)26-52-32-10-20-50-21-11-32/h2-3,5-6,22-24,27,29,32,41H,4,7-21,25-26H2,1H3,(H,40,48)(H,42,43,49).